The molecule has 1 aromatic carbocycles. The van der Waals surface area contributed by atoms with Crippen molar-refractivity contribution in [3.63, 3.8) is 0 Å². The molecular formula is C20H27N3O6S. The van der Waals surface area contributed by atoms with E-state index in [1.807, 2.05) is 0 Å². The number of sulfonamides is 1. The van der Waals surface area contributed by atoms with Crippen LogP contribution in [0.1, 0.15) is 36.5 Å². The van der Waals surface area contributed by atoms with Gasteiger partial charge in [0.2, 0.25) is 15.9 Å². The Morgan fingerprint density at radius 1 is 1.07 bits per heavy atom. The molecule has 10 heteroatoms. The standard InChI is InChI=1S/C20H27N3O6S/c1-15(24)16-4-6-17(7-5-16)30(27,28)21-9-8-19(25)22-10-12-23(13-11-22)20(26)18-3-2-14-29-18/h4-7,18,21H,2-3,8-14H2,1H3. The Kier molecular flexibility index (Phi) is 7.22. The average molecular weight is 438 g/mol. The first kappa shape index (κ1) is 22.4. The van der Waals surface area contributed by atoms with E-state index < -0.39 is 10.0 Å². The Hall–Kier alpha value is -2.30. The zero-order valence-electron chi connectivity index (χ0n) is 17.0. The summed E-state index contributed by atoms with van der Waals surface area (Å²) in [5.74, 6) is -0.313. The minimum absolute atomic E-state index is 0.0110. The quantitative estimate of drug-likeness (QED) is 0.618. The molecule has 1 unspecified atom stereocenters. The van der Waals surface area contributed by atoms with Crippen molar-refractivity contribution in [2.45, 2.75) is 37.2 Å². The maximum absolute atomic E-state index is 12.4. The molecule has 0 bridgehead atoms. The molecule has 0 aliphatic carbocycles. The summed E-state index contributed by atoms with van der Waals surface area (Å²) in [5, 5.41) is 0. The Morgan fingerprint density at radius 3 is 2.27 bits per heavy atom. The third kappa shape index (κ3) is 5.44. The number of ether oxygens (including phenoxy) is 1. The van der Waals surface area contributed by atoms with Gasteiger partial charge in [0.1, 0.15) is 6.10 Å². The number of nitrogens with one attached hydrogen (secondary N) is 1. The van der Waals surface area contributed by atoms with E-state index in [-0.39, 0.29) is 41.6 Å². The van der Waals surface area contributed by atoms with Gasteiger partial charge in [-0.3, -0.25) is 14.4 Å². The molecule has 164 valence electrons. The van der Waals surface area contributed by atoms with E-state index in [0.717, 1.165) is 12.8 Å². The highest BCUT2D eigenvalue weighted by molar-refractivity contribution is 7.89. The van der Waals surface area contributed by atoms with Gasteiger partial charge < -0.3 is 14.5 Å². The van der Waals surface area contributed by atoms with Gasteiger partial charge >= 0.3 is 0 Å². The number of ketones is 1. The van der Waals surface area contributed by atoms with E-state index in [1.165, 1.54) is 31.2 Å². The van der Waals surface area contributed by atoms with Crippen LogP contribution in [0.4, 0.5) is 0 Å². The highest BCUT2D eigenvalue weighted by Crippen LogP contribution is 2.16. The van der Waals surface area contributed by atoms with E-state index in [9.17, 15) is 22.8 Å². The van der Waals surface area contributed by atoms with Crippen molar-refractivity contribution in [1.29, 1.82) is 0 Å². The molecule has 2 heterocycles. The monoisotopic (exact) mass is 437 g/mol. The number of benzene rings is 1. The summed E-state index contributed by atoms with van der Waals surface area (Å²) in [6, 6.07) is 5.65. The second-order valence-electron chi connectivity index (χ2n) is 7.44. The minimum Gasteiger partial charge on any atom is -0.368 e. The summed E-state index contributed by atoms with van der Waals surface area (Å²) in [6.45, 7) is 3.77. The molecule has 1 atom stereocenters. The Bertz CT molecular complexity index is 886. The second kappa shape index (κ2) is 9.67. The van der Waals surface area contributed by atoms with Gasteiger partial charge in [-0.05, 0) is 31.9 Å². The molecule has 0 spiro atoms. The number of piperazine rings is 1. The molecule has 30 heavy (non-hydrogen) atoms. The first-order valence-corrected chi connectivity index (χ1v) is 11.5. The maximum atomic E-state index is 12.4. The van der Waals surface area contributed by atoms with Crippen LogP contribution in [0.25, 0.3) is 0 Å². The van der Waals surface area contributed by atoms with E-state index >= 15 is 0 Å². The van der Waals surface area contributed by atoms with Crippen molar-refractivity contribution >= 4 is 27.6 Å². The summed E-state index contributed by atoms with van der Waals surface area (Å²) >= 11 is 0. The molecule has 2 aliphatic rings. The topological polar surface area (TPSA) is 113 Å². The Morgan fingerprint density at radius 2 is 1.70 bits per heavy atom. The number of hydrogen-bond acceptors (Lipinski definition) is 6. The number of nitrogens with zero attached hydrogens (tertiary/aromatic N) is 2. The van der Waals surface area contributed by atoms with Crippen molar-refractivity contribution in [3.8, 4) is 0 Å². The molecule has 2 aliphatic heterocycles. The molecule has 2 saturated heterocycles. The molecule has 9 nitrogen and oxygen atoms in total. The maximum Gasteiger partial charge on any atom is 0.251 e. The lowest BCUT2D eigenvalue weighted by Crippen LogP contribution is -2.53. The average Bonchev–Trinajstić information content (AvgIpc) is 3.28. The van der Waals surface area contributed by atoms with Crippen molar-refractivity contribution < 1.29 is 27.5 Å². The van der Waals surface area contributed by atoms with Crippen LogP contribution in [0, 0.1) is 0 Å². The fraction of sp³-hybridized carbons (Fsp3) is 0.550. The normalized spacial score (nSPS) is 19.7. The summed E-state index contributed by atoms with van der Waals surface area (Å²) < 4.78 is 32.5. The molecule has 2 amide bonds. The number of rotatable bonds is 7. The van der Waals surface area contributed by atoms with E-state index in [0.29, 0.717) is 38.3 Å². The van der Waals surface area contributed by atoms with Gasteiger partial charge in [0.05, 0.1) is 4.90 Å². The molecular weight excluding hydrogens is 410 g/mol. The summed E-state index contributed by atoms with van der Waals surface area (Å²) in [7, 11) is -3.76. The number of carbonyl (C=O) groups excluding carboxylic acids is 3. The van der Waals surface area contributed by atoms with Crippen LogP contribution in [0.2, 0.25) is 0 Å². The van der Waals surface area contributed by atoms with Crippen LogP contribution >= 0.6 is 0 Å². The Balaban J connectivity index is 1.43. The lowest BCUT2D eigenvalue weighted by Gasteiger charge is -2.35. The van der Waals surface area contributed by atoms with E-state index in [4.69, 9.17) is 4.74 Å². The third-order valence-electron chi connectivity index (χ3n) is 5.35. The number of amides is 2. The lowest BCUT2D eigenvalue weighted by molar-refractivity contribution is -0.145. The largest absolute Gasteiger partial charge is 0.368 e. The fourth-order valence-electron chi connectivity index (χ4n) is 3.55. The third-order valence-corrected chi connectivity index (χ3v) is 6.83. The zero-order valence-corrected chi connectivity index (χ0v) is 17.8. The van der Waals surface area contributed by atoms with Crippen LogP contribution < -0.4 is 4.72 Å². The predicted octanol–water partition coefficient (Wildman–Crippen LogP) is 0.407. The first-order valence-electron chi connectivity index (χ1n) is 10.1. The lowest BCUT2D eigenvalue weighted by atomic mass is 10.2. The molecule has 0 radical (unpaired) electrons. The van der Waals surface area contributed by atoms with Crippen LogP contribution in [-0.2, 0) is 24.3 Å². The fourth-order valence-corrected chi connectivity index (χ4v) is 4.59. The van der Waals surface area contributed by atoms with Gasteiger partial charge in [-0.15, -0.1) is 0 Å². The Labute approximate surface area is 176 Å². The molecule has 1 aromatic rings. The molecule has 0 saturated carbocycles. The summed E-state index contributed by atoms with van der Waals surface area (Å²) in [5.41, 5.74) is 0.432. The van der Waals surface area contributed by atoms with Crippen molar-refractivity contribution in [2.24, 2.45) is 0 Å². The number of Topliss-reactive ketones (excluding diaryl/α,β-unsaturated/α-hetero) is 1. The van der Waals surface area contributed by atoms with Crippen molar-refractivity contribution in [3.05, 3.63) is 29.8 Å². The van der Waals surface area contributed by atoms with Crippen LogP contribution in [0.5, 0.6) is 0 Å². The molecule has 0 aromatic heterocycles. The van der Waals surface area contributed by atoms with Crippen LogP contribution in [-0.4, -0.2) is 81.2 Å². The minimum atomic E-state index is -3.76. The number of carbonyl (C=O) groups is 3. The molecule has 1 N–H and O–H groups in total. The predicted molar refractivity (Wildman–Crippen MR) is 108 cm³/mol. The van der Waals surface area contributed by atoms with Gasteiger partial charge in [0.15, 0.2) is 5.78 Å². The second-order valence-corrected chi connectivity index (χ2v) is 9.20. The van der Waals surface area contributed by atoms with E-state index in [2.05, 4.69) is 4.72 Å². The smallest absolute Gasteiger partial charge is 0.251 e. The molecule has 3 rings (SSSR count). The zero-order chi connectivity index (χ0) is 21.7. The first-order chi connectivity index (χ1) is 14.3. The van der Waals surface area contributed by atoms with Gasteiger partial charge in [-0.25, -0.2) is 13.1 Å². The molecule has 2 fully saturated rings. The van der Waals surface area contributed by atoms with Gasteiger partial charge in [-0.2, -0.15) is 0 Å². The number of hydrogen-bond donors (Lipinski definition) is 1. The van der Waals surface area contributed by atoms with Gasteiger partial charge in [0, 0.05) is 51.3 Å². The van der Waals surface area contributed by atoms with Crippen LogP contribution in [0.15, 0.2) is 29.2 Å². The highest BCUT2D eigenvalue weighted by atomic mass is 32.2. The van der Waals surface area contributed by atoms with E-state index in [1.54, 1.807) is 9.80 Å². The van der Waals surface area contributed by atoms with Crippen molar-refractivity contribution in [1.82, 2.24) is 14.5 Å². The van der Waals surface area contributed by atoms with Crippen LogP contribution in [0.3, 0.4) is 0 Å². The highest BCUT2D eigenvalue weighted by Gasteiger charge is 2.31. The SMILES string of the molecule is CC(=O)c1ccc(S(=O)(=O)NCCC(=O)N2CCN(C(=O)C3CCCO3)CC2)cc1. The van der Waals surface area contributed by atoms with Gasteiger partial charge in [0.25, 0.3) is 5.91 Å². The van der Waals surface area contributed by atoms with Crippen molar-refractivity contribution in [2.75, 3.05) is 39.3 Å². The summed E-state index contributed by atoms with van der Waals surface area (Å²) in [6.07, 6.45) is 1.32. The summed E-state index contributed by atoms with van der Waals surface area (Å²) in [4.78, 5) is 39.5. The van der Waals surface area contributed by atoms with Gasteiger partial charge in [-0.1, -0.05) is 12.1 Å².